The fourth-order valence-electron chi connectivity index (χ4n) is 2.83. The topological polar surface area (TPSA) is 79.6 Å². The molecule has 0 saturated carbocycles. The third-order valence-corrected chi connectivity index (χ3v) is 5.94. The summed E-state index contributed by atoms with van der Waals surface area (Å²) in [6, 6.07) is 12.6. The zero-order valence-electron chi connectivity index (χ0n) is 16.1. The Balaban J connectivity index is 1.87. The number of methoxy groups -OCH3 is 1. The first-order chi connectivity index (χ1) is 14.5. The number of benzene rings is 2. The summed E-state index contributed by atoms with van der Waals surface area (Å²) in [7, 11) is 1.54. The Hall–Kier alpha value is -2.77. The van der Waals surface area contributed by atoms with Gasteiger partial charge in [0.1, 0.15) is 6.61 Å². The summed E-state index contributed by atoms with van der Waals surface area (Å²) >= 11 is 3.00. The van der Waals surface area contributed by atoms with Crippen LogP contribution in [0.3, 0.4) is 0 Å². The van der Waals surface area contributed by atoms with E-state index in [1.807, 2.05) is 6.07 Å². The quantitative estimate of drug-likeness (QED) is 0.285. The maximum atomic E-state index is 12.8. The van der Waals surface area contributed by atoms with E-state index in [0.29, 0.717) is 39.7 Å². The molecule has 0 bridgehead atoms. The number of imide groups is 1. The van der Waals surface area contributed by atoms with Crippen LogP contribution in [0.5, 0.6) is 11.5 Å². The number of hydrogen-bond donors (Lipinski definition) is 0. The van der Waals surface area contributed by atoms with E-state index in [1.165, 1.54) is 7.11 Å². The van der Waals surface area contributed by atoms with E-state index in [9.17, 15) is 14.9 Å². The van der Waals surface area contributed by atoms with Crippen LogP contribution in [0.4, 0.5) is 4.79 Å². The molecule has 6 nitrogen and oxygen atoms in total. The van der Waals surface area contributed by atoms with Crippen molar-refractivity contribution in [3.63, 3.8) is 0 Å². The van der Waals surface area contributed by atoms with Gasteiger partial charge < -0.3 is 9.47 Å². The minimum atomic E-state index is -0.390. The average Bonchev–Trinajstić information content (AvgIpc) is 3.00. The second-order valence-electron chi connectivity index (χ2n) is 6.17. The van der Waals surface area contributed by atoms with Crippen molar-refractivity contribution in [3.8, 4) is 17.6 Å². The molecule has 2 aromatic rings. The molecule has 152 valence electrons. The lowest BCUT2D eigenvalue weighted by Gasteiger charge is -2.13. The van der Waals surface area contributed by atoms with Crippen LogP contribution in [0.1, 0.15) is 16.7 Å². The number of amides is 2. The number of thioether (sulfide) groups is 1. The minimum Gasteiger partial charge on any atom is -0.493 e. The molecule has 3 rings (SSSR count). The maximum Gasteiger partial charge on any atom is 0.293 e. The van der Waals surface area contributed by atoms with E-state index >= 15 is 0 Å². The van der Waals surface area contributed by atoms with E-state index in [2.05, 4.69) is 35.2 Å². The third-order valence-electron chi connectivity index (χ3n) is 4.23. The lowest BCUT2D eigenvalue weighted by Crippen LogP contribution is -2.27. The number of halogens is 1. The fourth-order valence-corrected chi connectivity index (χ4v) is 4.45. The van der Waals surface area contributed by atoms with Crippen molar-refractivity contribution >= 4 is 51.6 Å². The van der Waals surface area contributed by atoms with Crippen LogP contribution >= 0.6 is 34.4 Å². The molecule has 2 amide bonds. The van der Waals surface area contributed by atoms with Crippen molar-refractivity contribution in [2.45, 2.75) is 6.54 Å². The molecule has 0 unspecified atom stereocenters. The van der Waals surface area contributed by atoms with Crippen LogP contribution in [-0.4, -0.2) is 29.8 Å². The molecular weight excluding hydrogens is 515 g/mol. The highest BCUT2D eigenvalue weighted by molar-refractivity contribution is 14.1. The second kappa shape index (κ2) is 9.82. The van der Waals surface area contributed by atoms with Gasteiger partial charge in [0.15, 0.2) is 11.5 Å². The van der Waals surface area contributed by atoms with Crippen LogP contribution in [0.15, 0.2) is 54.0 Å². The first-order valence-corrected chi connectivity index (χ1v) is 10.7. The normalized spacial score (nSPS) is 14.7. The van der Waals surface area contributed by atoms with E-state index < -0.39 is 5.91 Å². The lowest BCUT2D eigenvalue weighted by atomic mass is 10.1. The van der Waals surface area contributed by atoms with E-state index in [4.69, 9.17) is 9.47 Å². The summed E-state index contributed by atoms with van der Waals surface area (Å²) in [4.78, 5) is 26.7. The fraction of sp³-hybridized carbons (Fsp3) is 0.136. The number of nitrogens with zero attached hydrogens (tertiary/aromatic N) is 2. The SMILES string of the molecule is C=CCOc1c(I)cc(/C=C2\SC(=O)N(Cc3ccccc3C#N)C2=O)cc1OC. The zero-order chi connectivity index (χ0) is 21.7. The van der Waals surface area contributed by atoms with Gasteiger partial charge in [-0.25, -0.2) is 0 Å². The Morgan fingerprint density at radius 3 is 2.77 bits per heavy atom. The molecule has 1 fully saturated rings. The number of carbonyl (C=O) groups is 2. The molecule has 1 heterocycles. The molecule has 1 saturated heterocycles. The van der Waals surface area contributed by atoms with Gasteiger partial charge in [-0.2, -0.15) is 5.26 Å². The van der Waals surface area contributed by atoms with Gasteiger partial charge in [0.05, 0.1) is 33.8 Å². The predicted molar refractivity (Wildman–Crippen MR) is 124 cm³/mol. The van der Waals surface area contributed by atoms with Gasteiger partial charge in [-0.05, 0) is 69.8 Å². The highest BCUT2D eigenvalue weighted by Crippen LogP contribution is 2.37. The van der Waals surface area contributed by atoms with E-state index in [-0.39, 0.29) is 11.8 Å². The van der Waals surface area contributed by atoms with Gasteiger partial charge in [-0.3, -0.25) is 14.5 Å². The van der Waals surface area contributed by atoms with Gasteiger partial charge in [0.25, 0.3) is 11.1 Å². The maximum absolute atomic E-state index is 12.8. The monoisotopic (exact) mass is 532 g/mol. The molecule has 0 radical (unpaired) electrons. The van der Waals surface area contributed by atoms with E-state index in [0.717, 1.165) is 20.2 Å². The van der Waals surface area contributed by atoms with Gasteiger partial charge in [-0.1, -0.05) is 30.9 Å². The van der Waals surface area contributed by atoms with Crippen LogP contribution in [0.2, 0.25) is 0 Å². The first kappa shape index (κ1) is 21.9. The van der Waals surface area contributed by atoms with Crippen LogP contribution in [0.25, 0.3) is 6.08 Å². The summed E-state index contributed by atoms with van der Waals surface area (Å²) in [6.45, 7) is 4.04. The Morgan fingerprint density at radius 1 is 1.30 bits per heavy atom. The number of hydrogen-bond acceptors (Lipinski definition) is 6. The molecule has 0 N–H and O–H groups in total. The Labute approximate surface area is 192 Å². The molecule has 0 aromatic heterocycles. The molecule has 2 aromatic carbocycles. The summed E-state index contributed by atoms with van der Waals surface area (Å²) in [5.74, 6) is 0.729. The highest BCUT2D eigenvalue weighted by atomic mass is 127. The molecule has 0 atom stereocenters. The van der Waals surface area contributed by atoms with Crippen LogP contribution in [0, 0.1) is 14.9 Å². The number of rotatable bonds is 7. The van der Waals surface area contributed by atoms with Gasteiger partial charge >= 0.3 is 0 Å². The number of nitriles is 1. The molecule has 30 heavy (non-hydrogen) atoms. The predicted octanol–water partition coefficient (Wildman–Crippen LogP) is 4.97. The van der Waals surface area contributed by atoms with Crippen molar-refractivity contribution in [1.82, 2.24) is 4.90 Å². The minimum absolute atomic E-state index is 0.0565. The van der Waals surface area contributed by atoms with Crippen LogP contribution < -0.4 is 9.47 Å². The van der Waals surface area contributed by atoms with Crippen molar-refractivity contribution in [1.29, 1.82) is 5.26 Å². The van der Waals surface area contributed by atoms with Gasteiger partial charge in [0.2, 0.25) is 0 Å². The number of carbonyl (C=O) groups excluding carboxylic acids is 2. The smallest absolute Gasteiger partial charge is 0.293 e. The molecule has 1 aliphatic heterocycles. The first-order valence-electron chi connectivity index (χ1n) is 8.83. The Bertz CT molecular complexity index is 1090. The summed E-state index contributed by atoms with van der Waals surface area (Å²) in [5, 5.41) is 8.87. The standard InChI is InChI=1S/C22H17IN2O4S/c1-3-8-29-20-17(23)9-14(10-18(20)28-2)11-19-21(26)25(22(27)30-19)13-16-7-5-4-6-15(16)12-24/h3-7,9-11H,1,8,13H2,2H3/b19-11-. The van der Waals surface area contributed by atoms with Crippen molar-refractivity contribution in [2.75, 3.05) is 13.7 Å². The summed E-state index contributed by atoms with van der Waals surface area (Å²) in [6.07, 6.45) is 3.30. The summed E-state index contributed by atoms with van der Waals surface area (Å²) < 4.78 is 11.9. The lowest BCUT2D eigenvalue weighted by molar-refractivity contribution is -0.123. The van der Waals surface area contributed by atoms with Crippen molar-refractivity contribution in [2.24, 2.45) is 0 Å². The van der Waals surface area contributed by atoms with E-state index in [1.54, 1.807) is 42.5 Å². The molecule has 0 spiro atoms. The second-order valence-corrected chi connectivity index (χ2v) is 8.33. The highest BCUT2D eigenvalue weighted by Gasteiger charge is 2.35. The number of ether oxygens (including phenoxy) is 2. The van der Waals surface area contributed by atoms with Crippen molar-refractivity contribution in [3.05, 3.63) is 74.2 Å². The zero-order valence-corrected chi connectivity index (χ0v) is 19.0. The Morgan fingerprint density at radius 2 is 2.07 bits per heavy atom. The van der Waals surface area contributed by atoms with Crippen LogP contribution in [-0.2, 0) is 11.3 Å². The largest absolute Gasteiger partial charge is 0.493 e. The Kier molecular flexibility index (Phi) is 7.18. The van der Waals surface area contributed by atoms with Crippen molar-refractivity contribution < 1.29 is 19.1 Å². The molecular formula is C22H17IN2O4S. The average molecular weight is 532 g/mol. The van der Waals surface area contributed by atoms with Gasteiger partial charge in [-0.15, -0.1) is 0 Å². The molecule has 1 aliphatic rings. The molecule has 0 aliphatic carbocycles. The third kappa shape index (κ3) is 4.68. The van der Waals surface area contributed by atoms with Gasteiger partial charge in [0, 0.05) is 0 Å². The summed E-state index contributed by atoms with van der Waals surface area (Å²) in [5.41, 5.74) is 1.78. The molecule has 8 heteroatoms.